The normalized spacial score (nSPS) is 23.3. The van der Waals surface area contributed by atoms with Crippen LogP contribution in [0.4, 0.5) is 0 Å². The Hall–Kier alpha value is -2.10. The van der Waals surface area contributed by atoms with Crippen LogP contribution >= 0.6 is 0 Å². The molecule has 2 amide bonds. The van der Waals surface area contributed by atoms with Crippen LogP contribution in [-0.4, -0.2) is 11.8 Å². The molecule has 1 aliphatic rings. The van der Waals surface area contributed by atoms with Crippen molar-refractivity contribution in [1.29, 1.82) is 0 Å². The lowest BCUT2D eigenvalue weighted by Crippen LogP contribution is -2.39. The van der Waals surface area contributed by atoms with Crippen molar-refractivity contribution < 1.29 is 9.59 Å². The zero-order valence-electron chi connectivity index (χ0n) is 13.6. The van der Waals surface area contributed by atoms with Gasteiger partial charge in [0.05, 0.1) is 5.92 Å². The predicted octanol–water partition coefficient (Wildman–Crippen LogP) is 2.57. The molecule has 118 valence electrons. The summed E-state index contributed by atoms with van der Waals surface area (Å²) in [6, 6.07) is 8.31. The first-order chi connectivity index (χ1) is 10.2. The molecule has 0 heterocycles. The number of hydrogen-bond acceptors (Lipinski definition) is 2. The third-order valence-corrected chi connectivity index (χ3v) is 4.41. The third kappa shape index (κ3) is 3.21. The van der Waals surface area contributed by atoms with E-state index in [0.717, 1.165) is 0 Å². The molecule has 1 aromatic carbocycles. The van der Waals surface area contributed by atoms with Crippen molar-refractivity contribution in [3.8, 4) is 0 Å². The minimum Gasteiger partial charge on any atom is -0.368 e. The second kappa shape index (κ2) is 5.95. The van der Waals surface area contributed by atoms with Crippen LogP contribution in [0.5, 0.6) is 0 Å². The van der Waals surface area contributed by atoms with Crippen molar-refractivity contribution in [2.75, 3.05) is 0 Å². The van der Waals surface area contributed by atoms with Gasteiger partial charge in [-0.1, -0.05) is 55.8 Å². The van der Waals surface area contributed by atoms with Gasteiger partial charge in [0.2, 0.25) is 11.8 Å². The predicted molar refractivity (Wildman–Crippen MR) is 86.7 cm³/mol. The van der Waals surface area contributed by atoms with Gasteiger partial charge in [0.25, 0.3) is 0 Å². The molecule has 3 N–H and O–H groups in total. The summed E-state index contributed by atoms with van der Waals surface area (Å²) in [6.07, 6.45) is 2.13. The number of amides is 2. The smallest absolute Gasteiger partial charge is 0.244 e. The fourth-order valence-electron chi connectivity index (χ4n) is 3.04. The van der Waals surface area contributed by atoms with E-state index in [1.807, 2.05) is 32.0 Å². The first-order valence-corrected chi connectivity index (χ1v) is 7.54. The van der Waals surface area contributed by atoms with Gasteiger partial charge in [0, 0.05) is 0 Å². The summed E-state index contributed by atoms with van der Waals surface area (Å²) in [5, 5.41) is 2.81. The van der Waals surface area contributed by atoms with E-state index in [4.69, 9.17) is 5.73 Å². The Kier molecular flexibility index (Phi) is 4.40. The summed E-state index contributed by atoms with van der Waals surface area (Å²) < 4.78 is 0. The average molecular weight is 300 g/mol. The second-order valence-corrected chi connectivity index (χ2v) is 6.82. The first kappa shape index (κ1) is 16.3. The van der Waals surface area contributed by atoms with E-state index in [9.17, 15) is 9.59 Å². The first-order valence-electron chi connectivity index (χ1n) is 7.54. The molecule has 1 aromatic rings. The number of carbonyl (C=O) groups excluding carboxylic acids is 2. The molecule has 4 heteroatoms. The second-order valence-electron chi connectivity index (χ2n) is 6.82. The molecular formula is C18H24N2O2. The summed E-state index contributed by atoms with van der Waals surface area (Å²) in [5.41, 5.74) is 7.28. The van der Waals surface area contributed by atoms with Crippen molar-refractivity contribution in [2.45, 2.75) is 33.7 Å². The lowest BCUT2D eigenvalue weighted by molar-refractivity contribution is -0.128. The molecule has 0 aliphatic heterocycles. The SMILES string of the molecule is CC(C)=C[C@@H]1[C@H](C(=O)N[C@@H](C(N)=O)c2ccccc2)C1(C)C. The molecule has 1 aliphatic carbocycles. The van der Waals surface area contributed by atoms with Crippen molar-refractivity contribution in [2.24, 2.45) is 23.0 Å². The molecule has 2 rings (SSSR count). The van der Waals surface area contributed by atoms with Crippen molar-refractivity contribution in [1.82, 2.24) is 5.32 Å². The summed E-state index contributed by atoms with van der Waals surface area (Å²) in [5.74, 6) is -0.563. The fourth-order valence-corrected chi connectivity index (χ4v) is 3.04. The van der Waals surface area contributed by atoms with Gasteiger partial charge < -0.3 is 11.1 Å². The van der Waals surface area contributed by atoms with Crippen LogP contribution in [0.1, 0.15) is 39.3 Å². The number of nitrogens with one attached hydrogen (secondary N) is 1. The highest BCUT2D eigenvalue weighted by atomic mass is 16.2. The quantitative estimate of drug-likeness (QED) is 0.820. The summed E-state index contributed by atoms with van der Waals surface area (Å²) in [4.78, 5) is 24.2. The number of hydrogen-bond donors (Lipinski definition) is 2. The van der Waals surface area contributed by atoms with Crippen molar-refractivity contribution in [3.05, 3.63) is 47.5 Å². The molecule has 0 aromatic heterocycles. The van der Waals surface area contributed by atoms with Gasteiger partial charge in [0.15, 0.2) is 0 Å². The van der Waals surface area contributed by atoms with E-state index in [0.29, 0.717) is 5.56 Å². The molecule has 4 nitrogen and oxygen atoms in total. The third-order valence-electron chi connectivity index (χ3n) is 4.41. The molecule has 0 bridgehead atoms. The maximum absolute atomic E-state index is 12.6. The largest absolute Gasteiger partial charge is 0.368 e. The Balaban J connectivity index is 2.14. The van der Waals surface area contributed by atoms with Gasteiger partial charge in [-0.2, -0.15) is 0 Å². The molecule has 3 atom stereocenters. The van der Waals surface area contributed by atoms with E-state index in [1.54, 1.807) is 12.1 Å². The van der Waals surface area contributed by atoms with E-state index in [-0.39, 0.29) is 23.2 Å². The molecule has 0 saturated heterocycles. The van der Waals surface area contributed by atoms with Gasteiger partial charge in [-0.3, -0.25) is 9.59 Å². The van der Waals surface area contributed by atoms with Crippen LogP contribution in [0.25, 0.3) is 0 Å². The van der Waals surface area contributed by atoms with Crippen LogP contribution in [0.2, 0.25) is 0 Å². The Morgan fingerprint density at radius 2 is 1.82 bits per heavy atom. The number of nitrogens with two attached hydrogens (primary N) is 1. The standard InChI is InChI=1S/C18H24N2O2/c1-11(2)10-13-14(18(13,3)4)17(22)20-15(16(19)21)12-8-6-5-7-9-12/h5-10,13-15H,1-4H3,(H2,19,21)(H,20,22)/t13-,14-,15-/m1/s1. The number of allylic oxidation sites excluding steroid dienone is 2. The topological polar surface area (TPSA) is 72.2 Å². The molecule has 1 saturated carbocycles. The highest BCUT2D eigenvalue weighted by molar-refractivity contribution is 5.90. The molecule has 0 unspecified atom stereocenters. The van der Waals surface area contributed by atoms with E-state index in [1.165, 1.54) is 5.57 Å². The van der Waals surface area contributed by atoms with Gasteiger partial charge in [-0.25, -0.2) is 0 Å². The monoisotopic (exact) mass is 300 g/mol. The maximum atomic E-state index is 12.6. The van der Waals surface area contributed by atoms with Gasteiger partial charge in [-0.15, -0.1) is 0 Å². The zero-order valence-corrected chi connectivity index (χ0v) is 13.6. The Morgan fingerprint density at radius 3 is 2.32 bits per heavy atom. The molecule has 22 heavy (non-hydrogen) atoms. The number of benzene rings is 1. The van der Waals surface area contributed by atoms with Crippen LogP contribution in [0.3, 0.4) is 0 Å². The number of rotatable bonds is 5. The summed E-state index contributed by atoms with van der Waals surface area (Å²) in [6.45, 7) is 8.20. The van der Waals surface area contributed by atoms with E-state index >= 15 is 0 Å². The average Bonchev–Trinajstić information content (AvgIpc) is 2.96. The minimum absolute atomic E-state index is 0.0831. The van der Waals surface area contributed by atoms with E-state index < -0.39 is 11.9 Å². The van der Waals surface area contributed by atoms with Gasteiger partial charge in [-0.05, 0) is 30.7 Å². The van der Waals surface area contributed by atoms with Crippen molar-refractivity contribution in [3.63, 3.8) is 0 Å². The number of primary amides is 1. The van der Waals surface area contributed by atoms with Gasteiger partial charge in [0.1, 0.15) is 6.04 Å². The van der Waals surface area contributed by atoms with Crippen molar-refractivity contribution >= 4 is 11.8 Å². The molecule has 0 spiro atoms. The van der Waals surface area contributed by atoms with Crippen LogP contribution in [-0.2, 0) is 9.59 Å². The Morgan fingerprint density at radius 1 is 1.23 bits per heavy atom. The summed E-state index contributed by atoms with van der Waals surface area (Å²) >= 11 is 0. The highest BCUT2D eigenvalue weighted by Crippen LogP contribution is 2.59. The molecule has 0 radical (unpaired) electrons. The molecular weight excluding hydrogens is 276 g/mol. The minimum atomic E-state index is -0.780. The fraction of sp³-hybridized carbons (Fsp3) is 0.444. The van der Waals surface area contributed by atoms with E-state index in [2.05, 4.69) is 25.2 Å². The Bertz CT molecular complexity index is 601. The highest BCUT2D eigenvalue weighted by Gasteiger charge is 2.60. The summed E-state index contributed by atoms with van der Waals surface area (Å²) in [7, 11) is 0. The van der Waals surface area contributed by atoms with Crippen LogP contribution < -0.4 is 11.1 Å². The number of carbonyl (C=O) groups is 2. The van der Waals surface area contributed by atoms with Crippen LogP contribution in [0.15, 0.2) is 42.0 Å². The molecule has 1 fully saturated rings. The van der Waals surface area contributed by atoms with Crippen LogP contribution in [0, 0.1) is 17.3 Å². The zero-order chi connectivity index (χ0) is 16.5. The lowest BCUT2D eigenvalue weighted by Gasteiger charge is -2.16. The lowest BCUT2D eigenvalue weighted by atomic mass is 10.1. The van der Waals surface area contributed by atoms with Gasteiger partial charge >= 0.3 is 0 Å². The Labute approximate surface area is 131 Å². The maximum Gasteiger partial charge on any atom is 0.244 e.